The van der Waals surface area contributed by atoms with E-state index < -0.39 is 22.9 Å². The normalized spacial score (nSPS) is 13.4. The number of esters is 1. The highest BCUT2D eigenvalue weighted by Gasteiger charge is 2.20. The molecule has 0 fully saturated rings. The highest BCUT2D eigenvalue weighted by Crippen LogP contribution is 2.24. The standard InChI is InChI=1S/C25H36N2O4S2/c1-7-8-13-33(29)17-22(15-30-21-11-9-20(10-12-21)25(4,5)6)31-23(28)16-32-24-26-18(2)14-19(3)27-24/h9-12,14,22H,7-8,13,15-17H2,1-6H3/t22-,33-/m0/s1. The predicted molar refractivity (Wildman–Crippen MR) is 136 cm³/mol. The number of carbonyl (C=O) groups is 1. The molecule has 2 rings (SSSR count). The zero-order valence-electron chi connectivity index (χ0n) is 20.6. The quantitative estimate of drug-likeness (QED) is 0.234. The number of nitrogens with zero attached hydrogens (tertiary/aromatic N) is 2. The number of aromatic nitrogens is 2. The largest absolute Gasteiger partial charge is 0.490 e. The van der Waals surface area contributed by atoms with Gasteiger partial charge in [-0.15, -0.1) is 0 Å². The van der Waals surface area contributed by atoms with Crippen molar-refractivity contribution in [3.63, 3.8) is 0 Å². The minimum absolute atomic E-state index is 0.0595. The van der Waals surface area contributed by atoms with Crippen molar-refractivity contribution >= 4 is 28.5 Å². The molecule has 1 aromatic carbocycles. The van der Waals surface area contributed by atoms with E-state index >= 15 is 0 Å². The molecule has 0 spiro atoms. The lowest BCUT2D eigenvalue weighted by Crippen LogP contribution is -2.32. The first-order valence-corrected chi connectivity index (χ1v) is 13.8. The van der Waals surface area contributed by atoms with Crippen LogP contribution in [0.2, 0.25) is 0 Å². The van der Waals surface area contributed by atoms with Crippen LogP contribution in [0.5, 0.6) is 5.75 Å². The number of unbranched alkanes of at least 4 members (excludes halogenated alkanes) is 1. The average Bonchev–Trinajstić information content (AvgIpc) is 2.73. The molecule has 0 saturated heterocycles. The van der Waals surface area contributed by atoms with Gasteiger partial charge in [-0.2, -0.15) is 0 Å². The molecule has 0 unspecified atom stereocenters. The number of ether oxygens (including phenoxy) is 2. The van der Waals surface area contributed by atoms with Crippen LogP contribution in [-0.4, -0.2) is 50.1 Å². The molecule has 2 atom stereocenters. The highest BCUT2D eigenvalue weighted by molar-refractivity contribution is 7.99. The van der Waals surface area contributed by atoms with E-state index in [0.29, 0.717) is 16.7 Å². The van der Waals surface area contributed by atoms with Gasteiger partial charge >= 0.3 is 5.97 Å². The van der Waals surface area contributed by atoms with Crippen molar-refractivity contribution in [3.05, 3.63) is 47.3 Å². The highest BCUT2D eigenvalue weighted by atomic mass is 32.2. The molecule has 0 N–H and O–H groups in total. The van der Waals surface area contributed by atoms with Crippen LogP contribution in [0.4, 0.5) is 0 Å². The van der Waals surface area contributed by atoms with Crippen LogP contribution in [0.3, 0.4) is 0 Å². The van der Waals surface area contributed by atoms with Crippen LogP contribution in [0.25, 0.3) is 0 Å². The lowest BCUT2D eigenvalue weighted by Gasteiger charge is -2.20. The Morgan fingerprint density at radius 2 is 1.76 bits per heavy atom. The summed E-state index contributed by atoms with van der Waals surface area (Å²) in [6, 6.07) is 9.80. The molecule has 0 aliphatic heterocycles. The van der Waals surface area contributed by atoms with Gasteiger partial charge in [0.1, 0.15) is 18.5 Å². The van der Waals surface area contributed by atoms with E-state index in [1.807, 2.05) is 44.2 Å². The summed E-state index contributed by atoms with van der Waals surface area (Å²) in [6.07, 6.45) is 1.26. The van der Waals surface area contributed by atoms with Gasteiger partial charge in [-0.25, -0.2) is 9.97 Å². The number of thioether (sulfide) groups is 1. The van der Waals surface area contributed by atoms with Gasteiger partial charge in [-0.1, -0.05) is 58.0 Å². The van der Waals surface area contributed by atoms with Crippen LogP contribution in [-0.2, 0) is 25.7 Å². The number of aryl methyl sites for hydroxylation is 2. The summed E-state index contributed by atoms with van der Waals surface area (Å²) >= 11 is 1.24. The summed E-state index contributed by atoms with van der Waals surface area (Å²) in [7, 11) is -1.07. The van der Waals surface area contributed by atoms with Gasteiger partial charge < -0.3 is 9.47 Å². The molecule has 0 aliphatic carbocycles. The Bertz CT molecular complexity index is 907. The maximum Gasteiger partial charge on any atom is 0.316 e. The van der Waals surface area contributed by atoms with Crippen LogP contribution in [0.15, 0.2) is 35.5 Å². The molecular weight excluding hydrogens is 456 g/mol. The fraction of sp³-hybridized carbons (Fsp3) is 0.560. The number of hydrogen-bond acceptors (Lipinski definition) is 7. The maximum atomic E-state index is 12.5. The van der Waals surface area contributed by atoms with E-state index in [0.717, 1.165) is 24.2 Å². The van der Waals surface area contributed by atoms with Gasteiger partial charge in [0.2, 0.25) is 0 Å². The Balaban J connectivity index is 1.97. The second-order valence-electron chi connectivity index (χ2n) is 9.08. The Labute approximate surface area is 204 Å². The van der Waals surface area contributed by atoms with E-state index in [9.17, 15) is 9.00 Å². The van der Waals surface area contributed by atoms with Crippen molar-refractivity contribution in [2.24, 2.45) is 0 Å². The minimum atomic E-state index is -1.07. The maximum absolute atomic E-state index is 12.5. The van der Waals surface area contributed by atoms with Gasteiger partial charge in [0, 0.05) is 27.9 Å². The molecule has 0 bridgehead atoms. The summed E-state index contributed by atoms with van der Waals surface area (Å²) in [4.78, 5) is 21.2. The van der Waals surface area contributed by atoms with E-state index in [1.54, 1.807) is 0 Å². The Morgan fingerprint density at radius 3 is 2.33 bits per heavy atom. The van der Waals surface area contributed by atoms with Crippen molar-refractivity contribution in [2.75, 3.05) is 23.9 Å². The van der Waals surface area contributed by atoms with Crippen molar-refractivity contribution < 1.29 is 18.5 Å². The first-order chi connectivity index (χ1) is 15.6. The van der Waals surface area contributed by atoms with Gasteiger partial charge in [-0.3, -0.25) is 9.00 Å². The van der Waals surface area contributed by atoms with E-state index in [4.69, 9.17) is 9.47 Å². The minimum Gasteiger partial charge on any atom is -0.490 e. The van der Waals surface area contributed by atoms with Crippen molar-refractivity contribution in [3.8, 4) is 5.75 Å². The summed E-state index contributed by atoms with van der Waals surface area (Å²) in [5.41, 5.74) is 2.98. The number of hydrogen-bond donors (Lipinski definition) is 0. The molecule has 0 amide bonds. The van der Waals surface area contributed by atoms with Crippen LogP contribution >= 0.6 is 11.8 Å². The Morgan fingerprint density at radius 1 is 1.12 bits per heavy atom. The molecule has 0 saturated carbocycles. The monoisotopic (exact) mass is 492 g/mol. The Kier molecular flexibility index (Phi) is 10.8. The number of rotatable bonds is 12. The topological polar surface area (TPSA) is 78.4 Å². The van der Waals surface area contributed by atoms with Gasteiger partial charge in [0.25, 0.3) is 0 Å². The van der Waals surface area contributed by atoms with Gasteiger partial charge in [0.05, 0.1) is 11.5 Å². The van der Waals surface area contributed by atoms with Crippen molar-refractivity contribution in [1.82, 2.24) is 9.97 Å². The zero-order chi connectivity index (χ0) is 24.4. The number of benzene rings is 1. The first-order valence-electron chi connectivity index (χ1n) is 11.3. The average molecular weight is 493 g/mol. The third-order valence-corrected chi connectivity index (χ3v) is 7.14. The third kappa shape index (κ3) is 10.3. The molecule has 8 heteroatoms. The second-order valence-corrected chi connectivity index (χ2v) is 11.6. The summed E-state index contributed by atoms with van der Waals surface area (Å²) in [5.74, 6) is 1.24. The predicted octanol–water partition coefficient (Wildman–Crippen LogP) is 5.02. The van der Waals surface area contributed by atoms with Crippen LogP contribution in [0, 0.1) is 13.8 Å². The van der Waals surface area contributed by atoms with Crippen molar-refractivity contribution in [2.45, 2.75) is 71.1 Å². The van der Waals surface area contributed by atoms with Gasteiger partial charge in [0.15, 0.2) is 5.16 Å². The second kappa shape index (κ2) is 13.1. The molecule has 1 heterocycles. The summed E-state index contributed by atoms with van der Waals surface area (Å²) in [6.45, 7) is 12.5. The third-order valence-electron chi connectivity index (χ3n) is 4.83. The SMILES string of the molecule is CCCC[S@](=O)C[C@H](COc1ccc(C(C)(C)C)cc1)OC(=O)CSc1nc(C)cc(C)n1. The number of carbonyl (C=O) groups excluding carboxylic acids is 1. The molecule has 6 nitrogen and oxygen atoms in total. The van der Waals surface area contributed by atoms with Crippen molar-refractivity contribution in [1.29, 1.82) is 0 Å². The zero-order valence-corrected chi connectivity index (χ0v) is 22.2. The fourth-order valence-electron chi connectivity index (χ4n) is 3.05. The van der Waals surface area contributed by atoms with E-state index in [-0.39, 0.29) is 23.5 Å². The molecule has 0 radical (unpaired) electrons. The molecule has 33 heavy (non-hydrogen) atoms. The molecule has 1 aromatic heterocycles. The lowest BCUT2D eigenvalue weighted by atomic mass is 9.87. The summed E-state index contributed by atoms with van der Waals surface area (Å²) < 4.78 is 24.0. The smallest absolute Gasteiger partial charge is 0.316 e. The van der Waals surface area contributed by atoms with Gasteiger partial charge in [-0.05, 0) is 49.4 Å². The lowest BCUT2D eigenvalue weighted by molar-refractivity contribution is -0.146. The molecular formula is C25H36N2O4S2. The molecule has 2 aromatic rings. The fourth-order valence-corrected chi connectivity index (χ4v) is 5.14. The van der Waals surface area contributed by atoms with E-state index in [2.05, 4.69) is 37.7 Å². The Hall–Kier alpha value is -1.93. The summed E-state index contributed by atoms with van der Waals surface area (Å²) in [5, 5.41) is 0.544. The first kappa shape index (κ1) is 27.3. The molecule has 182 valence electrons. The van der Waals surface area contributed by atoms with E-state index in [1.165, 1.54) is 17.3 Å². The molecule has 0 aliphatic rings. The van der Waals surface area contributed by atoms with Crippen LogP contribution < -0.4 is 4.74 Å². The van der Waals surface area contributed by atoms with Crippen LogP contribution in [0.1, 0.15) is 57.5 Å².